The molecule has 0 atom stereocenters. The van der Waals surface area contributed by atoms with E-state index in [2.05, 4.69) is 11.0 Å². The highest BCUT2D eigenvalue weighted by Crippen LogP contribution is 2.10. The fourth-order valence-electron chi connectivity index (χ4n) is 1.60. The second kappa shape index (κ2) is 3.94. The molecule has 0 spiro atoms. The molecule has 0 aromatic carbocycles. The zero-order valence-electron chi connectivity index (χ0n) is 7.95. The average Bonchev–Trinajstić information content (AvgIpc) is 2.53. The van der Waals surface area contributed by atoms with Crippen LogP contribution in [0.25, 0.3) is 0 Å². The minimum Gasteiger partial charge on any atom is -0.469 e. The third-order valence-corrected chi connectivity index (χ3v) is 2.29. The quantitative estimate of drug-likeness (QED) is 0.690. The molecule has 0 radical (unpaired) electrons. The number of hydrogen-bond donors (Lipinski definition) is 0. The molecule has 0 aliphatic carbocycles. The fraction of sp³-hybridized carbons (Fsp3) is 0.600. The minimum absolute atomic E-state index is 0.858. The zero-order valence-corrected chi connectivity index (χ0v) is 7.95. The second-order valence-corrected chi connectivity index (χ2v) is 3.45. The van der Waals surface area contributed by atoms with Crippen LogP contribution in [0.1, 0.15) is 11.3 Å². The Bertz CT molecular complexity index is 264. The van der Waals surface area contributed by atoms with E-state index in [1.165, 1.54) is 5.56 Å². The third-order valence-electron chi connectivity index (χ3n) is 2.29. The summed E-state index contributed by atoms with van der Waals surface area (Å²) in [5.74, 6) is 0.989. The lowest BCUT2D eigenvalue weighted by Crippen LogP contribution is -2.35. The Morgan fingerprint density at radius 1 is 1.38 bits per heavy atom. The average molecular weight is 181 g/mol. The molecule has 1 aromatic heterocycles. The summed E-state index contributed by atoms with van der Waals surface area (Å²) < 4.78 is 10.5. The summed E-state index contributed by atoms with van der Waals surface area (Å²) in [6, 6.07) is 2.09. The summed E-state index contributed by atoms with van der Waals surface area (Å²) in [4.78, 5) is 2.38. The first-order valence-corrected chi connectivity index (χ1v) is 4.69. The number of hydrogen-bond acceptors (Lipinski definition) is 3. The zero-order chi connectivity index (χ0) is 9.10. The highest BCUT2D eigenvalue weighted by molar-refractivity contribution is 5.11. The Morgan fingerprint density at radius 2 is 2.15 bits per heavy atom. The van der Waals surface area contributed by atoms with E-state index in [1.54, 1.807) is 0 Å². The van der Waals surface area contributed by atoms with Gasteiger partial charge in [-0.2, -0.15) is 0 Å². The molecule has 0 unspecified atom stereocenters. The standard InChI is InChI=1S/C10H15NO2/c1-9-6-10(8-13-9)7-11-2-4-12-5-3-11/h6,8H,2-5,7H2,1H3. The molecule has 1 aromatic rings. The Labute approximate surface area is 78.3 Å². The molecule has 2 rings (SSSR count). The van der Waals surface area contributed by atoms with Gasteiger partial charge in [-0.25, -0.2) is 0 Å². The predicted octanol–water partition coefficient (Wildman–Crippen LogP) is 1.42. The van der Waals surface area contributed by atoms with E-state index >= 15 is 0 Å². The molecule has 1 saturated heterocycles. The molecule has 13 heavy (non-hydrogen) atoms. The molecule has 0 amide bonds. The molecule has 0 saturated carbocycles. The molecular formula is C10H15NO2. The number of aryl methyl sites for hydroxylation is 1. The maximum atomic E-state index is 5.28. The van der Waals surface area contributed by atoms with Gasteiger partial charge in [0.25, 0.3) is 0 Å². The highest BCUT2D eigenvalue weighted by Gasteiger charge is 2.11. The molecule has 1 aliphatic rings. The van der Waals surface area contributed by atoms with Crippen LogP contribution in [0.4, 0.5) is 0 Å². The van der Waals surface area contributed by atoms with Crippen molar-refractivity contribution in [3.05, 3.63) is 23.7 Å². The van der Waals surface area contributed by atoms with Gasteiger partial charge in [0.2, 0.25) is 0 Å². The molecule has 1 fully saturated rings. The van der Waals surface area contributed by atoms with Crippen LogP contribution in [-0.4, -0.2) is 31.2 Å². The first-order chi connectivity index (χ1) is 6.34. The van der Waals surface area contributed by atoms with Crippen molar-refractivity contribution in [1.29, 1.82) is 0 Å². The van der Waals surface area contributed by atoms with Crippen molar-refractivity contribution in [2.75, 3.05) is 26.3 Å². The van der Waals surface area contributed by atoms with E-state index in [4.69, 9.17) is 9.15 Å². The van der Waals surface area contributed by atoms with Crippen molar-refractivity contribution >= 4 is 0 Å². The van der Waals surface area contributed by atoms with Crippen LogP contribution in [0.2, 0.25) is 0 Å². The van der Waals surface area contributed by atoms with Crippen molar-refractivity contribution in [1.82, 2.24) is 4.90 Å². The van der Waals surface area contributed by atoms with E-state index < -0.39 is 0 Å². The fourth-order valence-corrected chi connectivity index (χ4v) is 1.60. The van der Waals surface area contributed by atoms with Gasteiger partial charge >= 0.3 is 0 Å². The summed E-state index contributed by atoms with van der Waals surface area (Å²) >= 11 is 0. The van der Waals surface area contributed by atoms with Crippen molar-refractivity contribution in [2.24, 2.45) is 0 Å². The van der Waals surface area contributed by atoms with Crippen LogP contribution < -0.4 is 0 Å². The Balaban J connectivity index is 1.89. The first-order valence-electron chi connectivity index (χ1n) is 4.69. The number of ether oxygens (including phenoxy) is 1. The molecule has 2 heterocycles. The third kappa shape index (κ3) is 2.32. The van der Waals surface area contributed by atoms with Crippen LogP contribution in [0, 0.1) is 6.92 Å². The van der Waals surface area contributed by atoms with Crippen molar-refractivity contribution in [3.63, 3.8) is 0 Å². The summed E-state index contributed by atoms with van der Waals surface area (Å²) in [6.07, 6.45) is 1.84. The van der Waals surface area contributed by atoms with Crippen molar-refractivity contribution in [3.8, 4) is 0 Å². The van der Waals surface area contributed by atoms with Crippen molar-refractivity contribution < 1.29 is 9.15 Å². The van der Waals surface area contributed by atoms with Crippen molar-refractivity contribution in [2.45, 2.75) is 13.5 Å². The summed E-state index contributed by atoms with van der Waals surface area (Å²) in [7, 11) is 0. The molecule has 0 N–H and O–H groups in total. The second-order valence-electron chi connectivity index (χ2n) is 3.45. The van der Waals surface area contributed by atoms with Gasteiger partial charge < -0.3 is 9.15 Å². The van der Waals surface area contributed by atoms with Crippen LogP contribution >= 0.6 is 0 Å². The van der Waals surface area contributed by atoms with Gasteiger partial charge in [-0.1, -0.05) is 0 Å². The van der Waals surface area contributed by atoms with Crippen LogP contribution in [0.15, 0.2) is 16.7 Å². The number of furan rings is 1. The van der Waals surface area contributed by atoms with E-state index in [0.717, 1.165) is 38.6 Å². The van der Waals surface area contributed by atoms with Gasteiger partial charge in [0.15, 0.2) is 0 Å². The molecular weight excluding hydrogens is 166 g/mol. The van der Waals surface area contributed by atoms with Crippen LogP contribution in [0.5, 0.6) is 0 Å². The smallest absolute Gasteiger partial charge is 0.101 e. The highest BCUT2D eigenvalue weighted by atomic mass is 16.5. The van der Waals surface area contributed by atoms with Gasteiger partial charge in [0.05, 0.1) is 19.5 Å². The minimum atomic E-state index is 0.858. The maximum Gasteiger partial charge on any atom is 0.101 e. The van der Waals surface area contributed by atoms with Gasteiger partial charge in [0.1, 0.15) is 5.76 Å². The molecule has 3 nitrogen and oxygen atoms in total. The monoisotopic (exact) mass is 181 g/mol. The lowest BCUT2D eigenvalue weighted by molar-refractivity contribution is 0.0341. The normalized spacial score (nSPS) is 19.2. The molecule has 3 heteroatoms. The molecule has 1 aliphatic heterocycles. The molecule has 0 bridgehead atoms. The maximum absolute atomic E-state index is 5.28. The summed E-state index contributed by atoms with van der Waals surface area (Å²) in [5.41, 5.74) is 1.26. The van der Waals surface area contributed by atoms with E-state index in [1.807, 2.05) is 13.2 Å². The first kappa shape index (κ1) is 8.78. The summed E-state index contributed by atoms with van der Waals surface area (Å²) in [5, 5.41) is 0. The van der Waals surface area contributed by atoms with Gasteiger partial charge in [-0.3, -0.25) is 4.90 Å². The van der Waals surface area contributed by atoms with Gasteiger partial charge in [0, 0.05) is 25.2 Å². The number of rotatable bonds is 2. The lowest BCUT2D eigenvalue weighted by atomic mass is 10.3. The lowest BCUT2D eigenvalue weighted by Gasteiger charge is -2.25. The SMILES string of the molecule is Cc1cc(CN2CCOCC2)co1. The van der Waals surface area contributed by atoms with Gasteiger partial charge in [-0.15, -0.1) is 0 Å². The Kier molecular flexibility index (Phi) is 2.66. The largest absolute Gasteiger partial charge is 0.469 e. The Morgan fingerprint density at radius 3 is 2.77 bits per heavy atom. The number of nitrogens with zero attached hydrogens (tertiary/aromatic N) is 1. The Hall–Kier alpha value is -0.800. The molecule has 72 valence electrons. The van der Waals surface area contributed by atoms with E-state index in [0.29, 0.717) is 0 Å². The van der Waals surface area contributed by atoms with Crippen LogP contribution in [0.3, 0.4) is 0 Å². The van der Waals surface area contributed by atoms with E-state index in [-0.39, 0.29) is 0 Å². The summed E-state index contributed by atoms with van der Waals surface area (Å²) in [6.45, 7) is 6.74. The number of morpholine rings is 1. The van der Waals surface area contributed by atoms with Crippen LogP contribution in [-0.2, 0) is 11.3 Å². The topological polar surface area (TPSA) is 25.6 Å². The predicted molar refractivity (Wildman–Crippen MR) is 49.5 cm³/mol. The van der Waals surface area contributed by atoms with Gasteiger partial charge in [-0.05, 0) is 13.0 Å². The van der Waals surface area contributed by atoms with E-state index in [9.17, 15) is 0 Å².